The van der Waals surface area contributed by atoms with Crippen molar-refractivity contribution < 1.29 is 4.74 Å². The lowest BCUT2D eigenvalue weighted by molar-refractivity contribution is 0.309. The van der Waals surface area contributed by atoms with Crippen molar-refractivity contribution in [1.82, 2.24) is 9.88 Å². The lowest BCUT2D eigenvalue weighted by atomic mass is 9.89. The Morgan fingerprint density at radius 3 is 2.80 bits per heavy atom. The SMILES string of the molecule is CCCCOc1cccc(-c2nc3ccc4ccccc4c3c3c2CN(C)CC3)c1. The van der Waals surface area contributed by atoms with Gasteiger partial charge in [-0.1, -0.05) is 55.8 Å². The third-order valence-corrected chi connectivity index (χ3v) is 6.14. The highest BCUT2D eigenvalue weighted by atomic mass is 16.5. The molecule has 0 aliphatic carbocycles. The Labute approximate surface area is 178 Å². The van der Waals surface area contributed by atoms with E-state index >= 15 is 0 Å². The first-order chi connectivity index (χ1) is 14.7. The van der Waals surface area contributed by atoms with Crippen LogP contribution in [0.2, 0.25) is 0 Å². The fourth-order valence-electron chi connectivity index (χ4n) is 4.56. The van der Waals surface area contributed by atoms with E-state index < -0.39 is 0 Å². The fraction of sp³-hybridized carbons (Fsp3) is 0.296. The van der Waals surface area contributed by atoms with Gasteiger partial charge in [-0.3, -0.25) is 0 Å². The van der Waals surface area contributed by atoms with Crippen LogP contribution >= 0.6 is 0 Å². The number of benzene rings is 3. The van der Waals surface area contributed by atoms with Gasteiger partial charge in [0.1, 0.15) is 5.75 Å². The summed E-state index contributed by atoms with van der Waals surface area (Å²) in [5.41, 5.74) is 6.15. The van der Waals surface area contributed by atoms with E-state index in [9.17, 15) is 0 Å². The maximum Gasteiger partial charge on any atom is 0.119 e. The molecule has 1 aliphatic rings. The summed E-state index contributed by atoms with van der Waals surface area (Å²) in [6.07, 6.45) is 3.27. The summed E-state index contributed by atoms with van der Waals surface area (Å²) in [5, 5.41) is 3.92. The predicted octanol–water partition coefficient (Wildman–Crippen LogP) is 6.22. The number of ether oxygens (including phenoxy) is 1. The zero-order chi connectivity index (χ0) is 20.5. The van der Waals surface area contributed by atoms with Crippen molar-refractivity contribution in [2.24, 2.45) is 0 Å². The summed E-state index contributed by atoms with van der Waals surface area (Å²) in [6.45, 7) is 4.95. The summed E-state index contributed by atoms with van der Waals surface area (Å²) >= 11 is 0. The maximum absolute atomic E-state index is 5.98. The van der Waals surface area contributed by atoms with E-state index in [0.717, 1.165) is 61.5 Å². The van der Waals surface area contributed by atoms with Crippen LogP contribution in [-0.4, -0.2) is 30.1 Å². The first-order valence-electron chi connectivity index (χ1n) is 11.0. The first-order valence-corrected chi connectivity index (χ1v) is 11.0. The smallest absolute Gasteiger partial charge is 0.119 e. The molecular formula is C27H28N2O. The lowest BCUT2D eigenvalue weighted by Gasteiger charge is -2.28. The molecule has 0 radical (unpaired) electrons. The molecule has 3 nitrogen and oxygen atoms in total. The molecule has 0 N–H and O–H groups in total. The number of rotatable bonds is 5. The molecule has 1 aliphatic heterocycles. The molecule has 152 valence electrons. The minimum Gasteiger partial charge on any atom is -0.494 e. The Morgan fingerprint density at radius 1 is 1.00 bits per heavy atom. The normalized spacial score (nSPS) is 14.2. The zero-order valence-electron chi connectivity index (χ0n) is 17.8. The zero-order valence-corrected chi connectivity index (χ0v) is 17.8. The van der Waals surface area contributed by atoms with Gasteiger partial charge in [-0.15, -0.1) is 0 Å². The predicted molar refractivity (Wildman–Crippen MR) is 125 cm³/mol. The number of hydrogen-bond acceptors (Lipinski definition) is 3. The molecule has 3 aromatic carbocycles. The summed E-state index contributed by atoms with van der Waals surface area (Å²) in [4.78, 5) is 7.59. The van der Waals surface area contributed by atoms with Crippen LogP contribution in [0.5, 0.6) is 5.75 Å². The monoisotopic (exact) mass is 396 g/mol. The number of unbranched alkanes of at least 4 members (excludes halogenated alkanes) is 1. The van der Waals surface area contributed by atoms with Crippen molar-refractivity contribution in [3.63, 3.8) is 0 Å². The molecule has 5 rings (SSSR count). The van der Waals surface area contributed by atoms with E-state index in [1.807, 2.05) is 6.07 Å². The van der Waals surface area contributed by atoms with Gasteiger partial charge in [-0.25, -0.2) is 4.98 Å². The maximum atomic E-state index is 5.98. The third kappa shape index (κ3) is 3.44. The molecule has 0 bridgehead atoms. The molecule has 4 aromatic rings. The highest BCUT2D eigenvalue weighted by molar-refractivity contribution is 6.09. The minimum atomic E-state index is 0.762. The van der Waals surface area contributed by atoms with Crippen molar-refractivity contribution in [2.75, 3.05) is 20.2 Å². The molecule has 3 heteroatoms. The van der Waals surface area contributed by atoms with Gasteiger partial charge in [0.2, 0.25) is 0 Å². The van der Waals surface area contributed by atoms with Crippen LogP contribution in [0.3, 0.4) is 0 Å². The number of likely N-dealkylation sites (N-methyl/N-ethyl adjacent to an activating group) is 1. The average Bonchev–Trinajstić information content (AvgIpc) is 2.78. The first kappa shape index (κ1) is 19.1. The van der Waals surface area contributed by atoms with Gasteiger partial charge in [0.15, 0.2) is 0 Å². The summed E-state index contributed by atoms with van der Waals surface area (Å²) in [6, 6.07) is 21.5. The summed E-state index contributed by atoms with van der Waals surface area (Å²) < 4.78 is 5.98. The van der Waals surface area contributed by atoms with E-state index in [0.29, 0.717) is 0 Å². The minimum absolute atomic E-state index is 0.762. The van der Waals surface area contributed by atoms with Gasteiger partial charge in [-0.2, -0.15) is 0 Å². The van der Waals surface area contributed by atoms with Crippen LogP contribution in [0.25, 0.3) is 32.9 Å². The second-order valence-electron chi connectivity index (χ2n) is 8.32. The summed E-state index contributed by atoms with van der Waals surface area (Å²) in [7, 11) is 2.20. The highest BCUT2D eigenvalue weighted by Crippen LogP contribution is 2.37. The van der Waals surface area contributed by atoms with Crippen LogP contribution in [-0.2, 0) is 13.0 Å². The van der Waals surface area contributed by atoms with Crippen molar-refractivity contribution in [3.05, 3.63) is 71.8 Å². The molecule has 2 heterocycles. The largest absolute Gasteiger partial charge is 0.494 e. The number of fused-ring (bicyclic) bond motifs is 5. The summed E-state index contributed by atoms with van der Waals surface area (Å²) in [5.74, 6) is 0.930. The van der Waals surface area contributed by atoms with Gasteiger partial charge in [-0.05, 0) is 60.0 Å². The third-order valence-electron chi connectivity index (χ3n) is 6.14. The molecule has 0 saturated carbocycles. The Hall–Kier alpha value is -2.91. The van der Waals surface area contributed by atoms with E-state index in [-0.39, 0.29) is 0 Å². The van der Waals surface area contributed by atoms with Crippen molar-refractivity contribution >= 4 is 21.7 Å². The number of aromatic nitrogens is 1. The second-order valence-corrected chi connectivity index (χ2v) is 8.32. The number of nitrogens with zero attached hydrogens (tertiary/aromatic N) is 2. The molecule has 0 saturated heterocycles. The Balaban J connectivity index is 1.70. The standard InChI is InChI=1S/C27H28N2O/c1-3-4-16-30-21-10-7-9-20(17-21)27-24-18-29(2)15-14-23(24)26-22-11-6-5-8-19(22)12-13-25(26)28-27/h5-13,17H,3-4,14-16,18H2,1-2H3. The molecule has 1 aromatic heterocycles. The molecular weight excluding hydrogens is 368 g/mol. The van der Waals surface area contributed by atoms with Crippen LogP contribution in [0.15, 0.2) is 60.7 Å². The van der Waals surface area contributed by atoms with E-state index in [1.165, 1.54) is 27.3 Å². The van der Waals surface area contributed by atoms with Crippen LogP contribution in [0.1, 0.15) is 30.9 Å². The van der Waals surface area contributed by atoms with Crippen LogP contribution in [0, 0.1) is 0 Å². The van der Waals surface area contributed by atoms with E-state index in [4.69, 9.17) is 9.72 Å². The molecule has 0 amide bonds. The van der Waals surface area contributed by atoms with Crippen molar-refractivity contribution in [2.45, 2.75) is 32.7 Å². The highest BCUT2D eigenvalue weighted by Gasteiger charge is 2.23. The Morgan fingerprint density at radius 2 is 1.90 bits per heavy atom. The number of hydrogen-bond donors (Lipinski definition) is 0. The molecule has 0 spiro atoms. The van der Waals surface area contributed by atoms with Gasteiger partial charge < -0.3 is 9.64 Å². The van der Waals surface area contributed by atoms with Crippen LogP contribution < -0.4 is 4.74 Å². The molecule has 30 heavy (non-hydrogen) atoms. The van der Waals surface area contributed by atoms with Crippen molar-refractivity contribution in [3.8, 4) is 17.0 Å². The average molecular weight is 397 g/mol. The quantitative estimate of drug-likeness (QED) is 0.296. The topological polar surface area (TPSA) is 25.4 Å². The fourth-order valence-corrected chi connectivity index (χ4v) is 4.56. The van der Waals surface area contributed by atoms with Gasteiger partial charge in [0, 0.05) is 24.0 Å². The molecule has 0 unspecified atom stereocenters. The van der Waals surface area contributed by atoms with E-state index in [2.05, 4.69) is 73.5 Å². The lowest BCUT2D eigenvalue weighted by Crippen LogP contribution is -2.27. The Kier molecular flexibility index (Phi) is 5.14. The van der Waals surface area contributed by atoms with Crippen molar-refractivity contribution in [1.29, 1.82) is 0 Å². The van der Waals surface area contributed by atoms with E-state index in [1.54, 1.807) is 0 Å². The molecule has 0 fully saturated rings. The van der Waals surface area contributed by atoms with Crippen LogP contribution in [0.4, 0.5) is 0 Å². The Bertz CT molecular complexity index is 1210. The second kappa shape index (κ2) is 8.08. The number of pyridine rings is 1. The van der Waals surface area contributed by atoms with Gasteiger partial charge >= 0.3 is 0 Å². The van der Waals surface area contributed by atoms with Gasteiger partial charge in [0.25, 0.3) is 0 Å². The van der Waals surface area contributed by atoms with Gasteiger partial charge in [0.05, 0.1) is 17.8 Å². The molecule has 0 atom stereocenters.